The second-order valence-corrected chi connectivity index (χ2v) is 6.35. The molecule has 0 heterocycles. The van der Waals surface area contributed by atoms with Gasteiger partial charge in [0.2, 0.25) is 0 Å². The molecule has 0 amide bonds. The number of hydrogen-bond donors (Lipinski definition) is 1. The van der Waals surface area contributed by atoms with Gasteiger partial charge >= 0.3 is 0 Å². The summed E-state index contributed by atoms with van der Waals surface area (Å²) in [5.41, 5.74) is 9.03. The van der Waals surface area contributed by atoms with Gasteiger partial charge in [0.05, 0.1) is 0 Å². The molecule has 106 valence electrons. The summed E-state index contributed by atoms with van der Waals surface area (Å²) in [6, 6.07) is 0.542. The van der Waals surface area contributed by atoms with Crippen LogP contribution in [-0.2, 0) is 0 Å². The minimum absolute atomic E-state index is 0.542. The van der Waals surface area contributed by atoms with E-state index in [1.54, 1.807) is 5.56 Å². The summed E-state index contributed by atoms with van der Waals surface area (Å²) >= 11 is 0. The van der Waals surface area contributed by atoms with Crippen molar-refractivity contribution in [1.82, 2.24) is 5.32 Å². The van der Waals surface area contributed by atoms with E-state index in [0.717, 1.165) is 5.92 Å². The van der Waals surface area contributed by atoms with Gasteiger partial charge in [-0.15, -0.1) is 0 Å². The van der Waals surface area contributed by atoms with Crippen LogP contribution in [0.15, 0.2) is 0 Å². The molecule has 1 nitrogen and oxygen atoms in total. The average molecular weight is 259 g/mol. The van der Waals surface area contributed by atoms with E-state index in [1.807, 2.05) is 0 Å². The first-order chi connectivity index (χ1) is 8.99. The molecule has 19 heavy (non-hydrogen) atoms. The van der Waals surface area contributed by atoms with Crippen LogP contribution in [0.4, 0.5) is 0 Å². The van der Waals surface area contributed by atoms with Gasteiger partial charge < -0.3 is 5.32 Å². The Hall–Kier alpha value is -0.820. The maximum Gasteiger partial charge on any atom is 0.0351 e. The van der Waals surface area contributed by atoms with Gasteiger partial charge in [-0.25, -0.2) is 0 Å². The molecule has 1 heteroatoms. The Morgan fingerprint density at radius 2 is 1.21 bits per heavy atom. The smallest absolute Gasteiger partial charge is 0.0351 e. The molecule has 1 aliphatic carbocycles. The SMILES string of the molecule is CNC(c1c(C)c(C)c(C)c(C)c1C)C1CCCC1. The lowest BCUT2D eigenvalue weighted by Gasteiger charge is -2.29. The summed E-state index contributed by atoms with van der Waals surface area (Å²) in [6.45, 7) is 11.4. The first-order valence-corrected chi connectivity index (χ1v) is 7.73. The molecule has 0 aromatic heterocycles. The minimum Gasteiger partial charge on any atom is -0.313 e. The predicted octanol–water partition coefficient (Wildman–Crippen LogP) is 4.68. The summed E-state index contributed by atoms with van der Waals surface area (Å²) in [4.78, 5) is 0. The highest BCUT2D eigenvalue weighted by Crippen LogP contribution is 2.40. The van der Waals surface area contributed by atoms with E-state index in [2.05, 4.69) is 47.0 Å². The number of rotatable bonds is 3. The lowest BCUT2D eigenvalue weighted by molar-refractivity contribution is 0.387. The molecule has 0 aliphatic heterocycles. The van der Waals surface area contributed by atoms with Crippen LogP contribution in [0.5, 0.6) is 0 Å². The fraction of sp³-hybridized carbons (Fsp3) is 0.667. The Bertz CT molecular complexity index is 438. The fourth-order valence-corrected chi connectivity index (χ4v) is 3.90. The molecule has 0 spiro atoms. The summed E-state index contributed by atoms with van der Waals surface area (Å²) in [5.74, 6) is 0.823. The Morgan fingerprint density at radius 1 is 0.789 bits per heavy atom. The second-order valence-electron chi connectivity index (χ2n) is 6.35. The van der Waals surface area contributed by atoms with Crippen LogP contribution in [-0.4, -0.2) is 7.05 Å². The van der Waals surface area contributed by atoms with Gasteiger partial charge in [0.1, 0.15) is 0 Å². The molecule has 1 fully saturated rings. The van der Waals surface area contributed by atoms with Crippen molar-refractivity contribution in [2.24, 2.45) is 5.92 Å². The minimum atomic E-state index is 0.542. The maximum atomic E-state index is 3.62. The van der Waals surface area contributed by atoms with Crippen LogP contribution in [0.2, 0.25) is 0 Å². The van der Waals surface area contributed by atoms with E-state index in [0.29, 0.717) is 6.04 Å². The van der Waals surface area contributed by atoms with E-state index in [1.165, 1.54) is 53.5 Å². The molecule has 1 atom stereocenters. The Balaban J connectivity index is 2.53. The molecule has 1 aromatic carbocycles. The topological polar surface area (TPSA) is 12.0 Å². The molecule has 1 unspecified atom stereocenters. The third-order valence-electron chi connectivity index (χ3n) is 5.55. The van der Waals surface area contributed by atoms with E-state index in [-0.39, 0.29) is 0 Å². The van der Waals surface area contributed by atoms with Crippen LogP contribution < -0.4 is 5.32 Å². The molecule has 1 N–H and O–H groups in total. The van der Waals surface area contributed by atoms with Gasteiger partial charge in [-0.05, 0) is 93.8 Å². The molecule has 0 radical (unpaired) electrons. The molecule has 0 saturated heterocycles. The number of hydrogen-bond acceptors (Lipinski definition) is 1. The molecular formula is C18H29N. The Morgan fingerprint density at radius 3 is 1.63 bits per heavy atom. The van der Waals surface area contributed by atoms with Gasteiger partial charge in [0.25, 0.3) is 0 Å². The van der Waals surface area contributed by atoms with E-state index in [9.17, 15) is 0 Å². The van der Waals surface area contributed by atoms with Crippen molar-refractivity contribution in [2.75, 3.05) is 7.05 Å². The lowest BCUT2D eigenvalue weighted by Crippen LogP contribution is -2.26. The summed E-state index contributed by atoms with van der Waals surface area (Å²) < 4.78 is 0. The van der Waals surface area contributed by atoms with Crippen molar-refractivity contribution in [3.63, 3.8) is 0 Å². The van der Waals surface area contributed by atoms with Gasteiger partial charge in [-0.2, -0.15) is 0 Å². The highest BCUT2D eigenvalue weighted by atomic mass is 14.9. The van der Waals surface area contributed by atoms with Gasteiger partial charge in [-0.1, -0.05) is 12.8 Å². The monoisotopic (exact) mass is 259 g/mol. The van der Waals surface area contributed by atoms with Crippen molar-refractivity contribution in [1.29, 1.82) is 0 Å². The Kier molecular flexibility index (Phi) is 4.35. The average Bonchev–Trinajstić information content (AvgIpc) is 2.93. The fourth-order valence-electron chi connectivity index (χ4n) is 3.90. The third kappa shape index (κ3) is 2.45. The van der Waals surface area contributed by atoms with Gasteiger partial charge in [-0.3, -0.25) is 0 Å². The number of nitrogens with one attached hydrogen (secondary N) is 1. The molecule has 1 aromatic rings. The van der Waals surface area contributed by atoms with Gasteiger partial charge in [0, 0.05) is 6.04 Å². The summed E-state index contributed by atoms with van der Waals surface area (Å²) in [5, 5.41) is 3.62. The van der Waals surface area contributed by atoms with Crippen LogP contribution in [0.3, 0.4) is 0 Å². The third-order valence-corrected chi connectivity index (χ3v) is 5.55. The highest BCUT2D eigenvalue weighted by Gasteiger charge is 2.28. The largest absolute Gasteiger partial charge is 0.313 e. The number of benzene rings is 1. The van der Waals surface area contributed by atoms with Crippen LogP contribution in [0.1, 0.15) is 65.1 Å². The quantitative estimate of drug-likeness (QED) is 0.831. The molecule has 2 rings (SSSR count). The van der Waals surface area contributed by atoms with Crippen LogP contribution in [0.25, 0.3) is 0 Å². The van der Waals surface area contributed by atoms with Crippen LogP contribution >= 0.6 is 0 Å². The lowest BCUT2D eigenvalue weighted by atomic mass is 9.81. The van der Waals surface area contributed by atoms with E-state index in [4.69, 9.17) is 0 Å². The maximum absolute atomic E-state index is 3.62. The first kappa shape index (κ1) is 14.6. The summed E-state index contributed by atoms with van der Waals surface area (Å²) in [7, 11) is 2.13. The van der Waals surface area contributed by atoms with E-state index < -0.39 is 0 Å². The Labute approximate surface area is 118 Å². The molecule has 1 saturated carbocycles. The predicted molar refractivity (Wildman–Crippen MR) is 83.9 cm³/mol. The zero-order chi connectivity index (χ0) is 14.2. The molecular weight excluding hydrogens is 230 g/mol. The second kappa shape index (κ2) is 5.66. The first-order valence-electron chi connectivity index (χ1n) is 7.73. The van der Waals surface area contributed by atoms with Gasteiger partial charge in [0.15, 0.2) is 0 Å². The zero-order valence-corrected chi connectivity index (χ0v) is 13.5. The van der Waals surface area contributed by atoms with E-state index >= 15 is 0 Å². The van der Waals surface area contributed by atoms with Crippen molar-refractivity contribution in [3.05, 3.63) is 33.4 Å². The van der Waals surface area contributed by atoms with Crippen molar-refractivity contribution in [3.8, 4) is 0 Å². The standard InChI is InChI=1S/C18H29N/c1-11-12(2)14(4)17(15(5)13(11)3)18(19-6)16-9-7-8-10-16/h16,18-19H,7-10H2,1-6H3. The zero-order valence-electron chi connectivity index (χ0n) is 13.5. The van der Waals surface area contributed by atoms with Crippen LogP contribution in [0, 0.1) is 40.5 Å². The molecule has 0 bridgehead atoms. The summed E-state index contributed by atoms with van der Waals surface area (Å²) in [6.07, 6.45) is 5.59. The normalized spacial score (nSPS) is 18.0. The molecule has 1 aliphatic rings. The van der Waals surface area contributed by atoms with Crippen molar-refractivity contribution < 1.29 is 0 Å². The van der Waals surface area contributed by atoms with Crippen molar-refractivity contribution in [2.45, 2.75) is 66.3 Å². The van der Waals surface area contributed by atoms with Crippen molar-refractivity contribution >= 4 is 0 Å². The highest BCUT2D eigenvalue weighted by molar-refractivity contribution is 5.50.